The van der Waals surface area contributed by atoms with Crippen molar-refractivity contribution in [1.82, 2.24) is 15.5 Å². The molecule has 0 aromatic carbocycles. The Hall–Kier alpha value is -2.15. The van der Waals surface area contributed by atoms with Gasteiger partial charge in [-0.2, -0.15) is 0 Å². The molecule has 1 aromatic heterocycles. The summed E-state index contributed by atoms with van der Waals surface area (Å²) in [6, 6.07) is 2.03. The second-order valence-electron chi connectivity index (χ2n) is 4.18. The van der Waals surface area contributed by atoms with Crippen LogP contribution in [0.2, 0.25) is 0 Å². The normalized spacial score (nSPS) is 19.0. The van der Waals surface area contributed by atoms with E-state index in [4.69, 9.17) is 0 Å². The topological polar surface area (TPSA) is 91.7 Å². The summed E-state index contributed by atoms with van der Waals surface area (Å²) in [5.41, 5.74) is -0.255. The van der Waals surface area contributed by atoms with Gasteiger partial charge in [0.1, 0.15) is 12.3 Å². The molecule has 0 bridgehead atoms. The predicted octanol–water partition coefficient (Wildman–Crippen LogP) is -1.20. The molecule has 1 fully saturated rings. The van der Waals surface area contributed by atoms with E-state index in [9.17, 15) is 14.4 Å². The summed E-state index contributed by atoms with van der Waals surface area (Å²) in [7, 11) is 1.53. The second-order valence-corrected chi connectivity index (χ2v) is 4.18. The van der Waals surface area contributed by atoms with Crippen LogP contribution in [-0.4, -0.2) is 49.4 Å². The number of nitrogens with zero attached hydrogens (tertiary/aromatic N) is 1. The molecular weight excluding hydrogens is 250 g/mol. The number of amides is 2. The van der Waals surface area contributed by atoms with E-state index in [2.05, 4.69) is 15.1 Å². The van der Waals surface area contributed by atoms with Gasteiger partial charge in [-0.1, -0.05) is 0 Å². The summed E-state index contributed by atoms with van der Waals surface area (Å²) in [5.74, 6) is -0.545. The van der Waals surface area contributed by atoms with E-state index in [0.717, 1.165) is 6.26 Å². The number of hydrogen-bond donors (Lipinski definition) is 2. The number of carbonyl (C=O) groups is 2. The van der Waals surface area contributed by atoms with Crippen LogP contribution in [-0.2, 0) is 4.79 Å². The van der Waals surface area contributed by atoms with E-state index in [-0.39, 0.29) is 17.4 Å². The number of nitrogens with one attached hydrogen (secondary N) is 2. The van der Waals surface area contributed by atoms with Crippen LogP contribution < -0.4 is 16.3 Å². The summed E-state index contributed by atoms with van der Waals surface area (Å²) >= 11 is 0. The molecule has 0 aliphatic carbocycles. The molecule has 1 aliphatic rings. The van der Waals surface area contributed by atoms with Gasteiger partial charge in [0.25, 0.3) is 5.91 Å². The number of likely N-dealkylation sites (N-methyl/N-ethyl adjacent to an activating group) is 1. The first-order valence-corrected chi connectivity index (χ1v) is 5.95. The lowest BCUT2D eigenvalue weighted by Crippen LogP contribution is -2.59. The smallest absolute Gasteiger partial charge is 0.335 e. The number of hydrogen-bond acceptors (Lipinski definition) is 5. The highest BCUT2D eigenvalue weighted by Gasteiger charge is 2.32. The number of carbonyl (C=O) groups excluding carboxylic acids is 2. The fraction of sp³-hybridized carbons (Fsp3) is 0.417. The minimum atomic E-state index is -0.557. The Kier molecular flexibility index (Phi) is 3.96. The maximum Gasteiger partial charge on any atom is 0.335 e. The molecule has 0 spiro atoms. The fourth-order valence-corrected chi connectivity index (χ4v) is 1.99. The predicted molar refractivity (Wildman–Crippen MR) is 66.7 cm³/mol. The summed E-state index contributed by atoms with van der Waals surface area (Å²) in [6.45, 7) is 1.45. The minimum absolute atomic E-state index is 0.224. The first-order chi connectivity index (χ1) is 9.13. The summed E-state index contributed by atoms with van der Waals surface area (Å²) < 4.78 is 4.67. The van der Waals surface area contributed by atoms with Crippen molar-refractivity contribution in [1.29, 1.82) is 0 Å². The molecule has 19 heavy (non-hydrogen) atoms. The zero-order chi connectivity index (χ0) is 13.8. The largest absolute Gasteiger partial charge is 0.430 e. The second kappa shape index (κ2) is 5.66. The van der Waals surface area contributed by atoms with Crippen LogP contribution in [0.4, 0.5) is 0 Å². The van der Waals surface area contributed by atoms with Crippen molar-refractivity contribution in [3.63, 3.8) is 0 Å². The average molecular weight is 265 g/mol. The van der Waals surface area contributed by atoms with Crippen molar-refractivity contribution in [2.24, 2.45) is 0 Å². The summed E-state index contributed by atoms with van der Waals surface area (Å²) in [4.78, 5) is 36.4. The van der Waals surface area contributed by atoms with Crippen molar-refractivity contribution < 1.29 is 14.0 Å². The SMILES string of the molecule is CNC(=O)C1CNCCN1C(=O)c1ccc(=O)oc1. The molecule has 2 heterocycles. The van der Waals surface area contributed by atoms with Gasteiger partial charge in [-0.15, -0.1) is 0 Å². The van der Waals surface area contributed by atoms with Crippen LogP contribution in [0, 0.1) is 0 Å². The molecule has 7 nitrogen and oxygen atoms in total. The lowest BCUT2D eigenvalue weighted by molar-refractivity contribution is -0.125. The van der Waals surface area contributed by atoms with Crippen molar-refractivity contribution in [2.75, 3.05) is 26.7 Å². The monoisotopic (exact) mass is 265 g/mol. The molecule has 1 atom stereocenters. The highest BCUT2D eigenvalue weighted by molar-refractivity contribution is 5.97. The molecule has 2 amide bonds. The van der Waals surface area contributed by atoms with Gasteiger partial charge in [-0.25, -0.2) is 4.79 Å². The quantitative estimate of drug-likeness (QED) is 0.701. The van der Waals surface area contributed by atoms with Crippen LogP contribution >= 0.6 is 0 Å². The van der Waals surface area contributed by atoms with Gasteiger partial charge in [-0.05, 0) is 6.07 Å². The van der Waals surface area contributed by atoms with Crippen molar-refractivity contribution in [3.05, 3.63) is 34.4 Å². The standard InChI is InChI=1S/C12H15N3O4/c1-13-11(17)9-6-14-4-5-15(9)12(18)8-2-3-10(16)19-7-8/h2-3,7,9,14H,4-6H2,1H3,(H,13,17). The molecule has 102 valence electrons. The molecule has 0 saturated carbocycles. The van der Waals surface area contributed by atoms with Gasteiger partial charge in [0.05, 0.1) is 5.56 Å². The molecular formula is C12H15N3O4. The van der Waals surface area contributed by atoms with Crippen LogP contribution in [0.5, 0.6) is 0 Å². The number of piperazine rings is 1. The maximum absolute atomic E-state index is 12.3. The van der Waals surface area contributed by atoms with Gasteiger partial charge < -0.3 is 20.0 Å². The first kappa shape index (κ1) is 13.3. The summed E-state index contributed by atoms with van der Waals surface area (Å²) in [6.07, 6.45) is 1.12. The van der Waals surface area contributed by atoms with Crippen LogP contribution in [0.15, 0.2) is 27.6 Å². The van der Waals surface area contributed by atoms with E-state index in [1.807, 2.05) is 0 Å². The third-order valence-electron chi connectivity index (χ3n) is 3.00. The molecule has 2 N–H and O–H groups in total. The average Bonchev–Trinajstić information content (AvgIpc) is 2.46. The zero-order valence-corrected chi connectivity index (χ0v) is 10.5. The van der Waals surface area contributed by atoms with Gasteiger partial charge in [0.15, 0.2) is 0 Å². The lowest BCUT2D eigenvalue weighted by atomic mass is 10.1. The third-order valence-corrected chi connectivity index (χ3v) is 3.00. The van der Waals surface area contributed by atoms with Gasteiger partial charge in [0.2, 0.25) is 5.91 Å². The molecule has 1 aliphatic heterocycles. The van der Waals surface area contributed by atoms with Crippen molar-refractivity contribution in [2.45, 2.75) is 6.04 Å². The van der Waals surface area contributed by atoms with E-state index in [1.165, 1.54) is 24.1 Å². The van der Waals surface area contributed by atoms with Crippen molar-refractivity contribution >= 4 is 11.8 Å². The van der Waals surface area contributed by atoms with Gasteiger partial charge in [-0.3, -0.25) is 9.59 Å². The Bertz CT molecular complexity index is 520. The zero-order valence-electron chi connectivity index (χ0n) is 10.5. The Morgan fingerprint density at radius 1 is 1.47 bits per heavy atom. The van der Waals surface area contributed by atoms with E-state index < -0.39 is 11.7 Å². The fourth-order valence-electron chi connectivity index (χ4n) is 1.99. The molecule has 7 heteroatoms. The van der Waals surface area contributed by atoms with E-state index in [0.29, 0.717) is 19.6 Å². The van der Waals surface area contributed by atoms with Crippen LogP contribution in [0.25, 0.3) is 0 Å². The van der Waals surface area contributed by atoms with E-state index >= 15 is 0 Å². The molecule has 1 aromatic rings. The molecule has 1 saturated heterocycles. The minimum Gasteiger partial charge on any atom is -0.430 e. The third kappa shape index (κ3) is 2.82. The highest BCUT2D eigenvalue weighted by atomic mass is 16.4. The van der Waals surface area contributed by atoms with Crippen LogP contribution in [0.1, 0.15) is 10.4 Å². The van der Waals surface area contributed by atoms with Gasteiger partial charge >= 0.3 is 5.63 Å². The Morgan fingerprint density at radius 3 is 2.89 bits per heavy atom. The molecule has 2 rings (SSSR count). The maximum atomic E-state index is 12.3. The lowest BCUT2D eigenvalue weighted by Gasteiger charge is -2.34. The Balaban J connectivity index is 2.22. The van der Waals surface area contributed by atoms with E-state index in [1.54, 1.807) is 0 Å². The van der Waals surface area contributed by atoms with Crippen molar-refractivity contribution in [3.8, 4) is 0 Å². The Labute approximate surface area is 109 Å². The van der Waals surface area contributed by atoms with Gasteiger partial charge in [0, 0.05) is 32.7 Å². The molecule has 0 radical (unpaired) electrons. The number of rotatable bonds is 2. The summed E-state index contributed by atoms with van der Waals surface area (Å²) in [5, 5.41) is 5.60. The van der Waals surface area contributed by atoms with Crippen LogP contribution in [0.3, 0.4) is 0 Å². The Morgan fingerprint density at radius 2 is 2.26 bits per heavy atom. The first-order valence-electron chi connectivity index (χ1n) is 5.95. The molecule has 1 unspecified atom stereocenters. The highest BCUT2D eigenvalue weighted by Crippen LogP contribution is 2.10.